The first-order chi connectivity index (χ1) is 9.56. The summed E-state index contributed by atoms with van der Waals surface area (Å²) in [4.78, 5) is 16.3. The fourth-order valence-corrected chi connectivity index (χ4v) is 2.62. The van der Waals surface area contributed by atoms with E-state index in [1.165, 1.54) is 0 Å². The molecule has 0 bridgehead atoms. The summed E-state index contributed by atoms with van der Waals surface area (Å²) < 4.78 is 0. The van der Waals surface area contributed by atoms with Crippen molar-refractivity contribution in [2.75, 3.05) is 33.2 Å². The van der Waals surface area contributed by atoms with Gasteiger partial charge in [0.2, 0.25) is 5.91 Å². The second-order valence-corrected chi connectivity index (χ2v) is 5.84. The maximum Gasteiger partial charge on any atom is 0.236 e. The highest BCUT2D eigenvalue weighted by Crippen LogP contribution is 2.12. The molecule has 2 rings (SSSR count). The Morgan fingerprint density at radius 2 is 2.35 bits per heavy atom. The van der Waals surface area contributed by atoms with Crippen molar-refractivity contribution in [1.82, 2.24) is 15.1 Å². The van der Waals surface area contributed by atoms with E-state index in [4.69, 9.17) is 11.6 Å². The van der Waals surface area contributed by atoms with Crippen molar-refractivity contribution in [3.8, 4) is 0 Å². The van der Waals surface area contributed by atoms with Gasteiger partial charge in [0.25, 0.3) is 0 Å². The van der Waals surface area contributed by atoms with Gasteiger partial charge in [-0.2, -0.15) is 0 Å². The van der Waals surface area contributed by atoms with E-state index in [-0.39, 0.29) is 5.91 Å². The zero-order valence-electron chi connectivity index (χ0n) is 12.1. The van der Waals surface area contributed by atoms with Gasteiger partial charge in [-0.25, -0.2) is 0 Å². The third kappa shape index (κ3) is 4.20. The molecule has 110 valence electrons. The first-order valence-electron chi connectivity index (χ1n) is 6.99. The lowest BCUT2D eigenvalue weighted by molar-refractivity contribution is -0.132. The molecule has 1 aliphatic rings. The number of rotatable bonds is 4. The minimum atomic E-state index is 0.152. The Morgan fingerprint density at radius 3 is 3.05 bits per heavy atom. The summed E-state index contributed by atoms with van der Waals surface area (Å²) >= 11 is 5.96. The first kappa shape index (κ1) is 15.3. The minimum Gasteiger partial charge on any atom is -0.340 e. The quantitative estimate of drug-likeness (QED) is 0.916. The molecule has 1 atom stereocenters. The molecule has 0 unspecified atom stereocenters. The molecule has 1 aromatic carbocycles. The van der Waals surface area contributed by atoms with Crippen LogP contribution in [0, 0.1) is 0 Å². The number of piperazine rings is 1. The highest BCUT2D eigenvalue weighted by atomic mass is 35.5. The molecule has 0 radical (unpaired) electrons. The van der Waals surface area contributed by atoms with Crippen LogP contribution in [0.4, 0.5) is 0 Å². The van der Waals surface area contributed by atoms with Gasteiger partial charge >= 0.3 is 0 Å². The summed E-state index contributed by atoms with van der Waals surface area (Å²) in [5.41, 5.74) is 1.06. The van der Waals surface area contributed by atoms with Gasteiger partial charge in [0.1, 0.15) is 0 Å². The summed E-state index contributed by atoms with van der Waals surface area (Å²) in [5, 5.41) is 4.04. The van der Waals surface area contributed by atoms with Crippen molar-refractivity contribution in [2.24, 2.45) is 0 Å². The zero-order chi connectivity index (χ0) is 14.5. The van der Waals surface area contributed by atoms with E-state index < -0.39 is 0 Å². The number of amides is 1. The van der Waals surface area contributed by atoms with Crippen molar-refractivity contribution in [2.45, 2.75) is 19.5 Å². The molecule has 1 aliphatic heterocycles. The van der Waals surface area contributed by atoms with Crippen LogP contribution in [0.5, 0.6) is 0 Å². The van der Waals surface area contributed by atoms with Crippen LogP contribution in [0.3, 0.4) is 0 Å². The van der Waals surface area contributed by atoms with E-state index in [9.17, 15) is 4.79 Å². The third-order valence-electron chi connectivity index (χ3n) is 3.71. The molecule has 1 N–H and O–H groups in total. The average Bonchev–Trinajstić information content (AvgIpc) is 2.41. The van der Waals surface area contributed by atoms with Gasteiger partial charge in [-0.3, -0.25) is 9.69 Å². The first-order valence-corrected chi connectivity index (χ1v) is 7.37. The number of hydrogen-bond acceptors (Lipinski definition) is 3. The number of hydrogen-bond donors (Lipinski definition) is 1. The Morgan fingerprint density at radius 1 is 1.55 bits per heavy atom. The van der Waals surface area contributed by atoms with E-state index >= 15 is 0 Å². The summed E-state index contributed by atoms with van der Waals surface area (Å²) in [6.45, 7) is 6.06. The van der Waals surface area contributed by atoms with Crippen LogP contribution >= 0.6 is 11.6 Å². The van der Waals surface area contributed by atoms with Crippen LogP contribution in [-0.2, 0) is 11.3 Å². The largest absolute Gasteiger partial charge is 0.340 e. The number of nitrogens with zero attached hydrogens (tertiary/aromatic N) is 2. The summed E-state index contributed by atoms with van der Waals surface area (Å²) in [7, 11) is 1.84. The molecule has 0 saturated carbocycles. The van der Waals surface area contributed by atoms with Gasteiger partial charge in [0.05, 0.1) is 6.54 Å². The molecule has 1 aromatic rings. The fraction of sp³-hybridized carbons (Fsp3) is 0.533. The maximum absolute atomic E-state index is 12.3. The fourth-order valence-electron chi connectivity index (χ4n) is 2.41. The van der Waals surface area contributed by atoms with Crippen molar-refractivity contribution in [3.05, 3.63) is 34.9 Å². The number of benzene rings is 1. The number of halogens is 1. The predicted molar refractivity (Wildman–Crippen MR) is 81.8 cm³/mol. The minimum absolute atomic E-state index is 0.152. The summed E-state index contributed by atoms with van der Waals surface area (Å²) in [6, 6.07) is 8.05. The average molecular weight is 296 g/mol. The van der Waals surface area contributed by atoms with Crippen LogP contribution in [0.1, 0.15) is 12.5 Å². The molecule has 20 heavy (non-hydrogen) atoms. The standard InChI is InChI=1S/C15H22ClN3O/c1-12-9-17-6-7-19(12)11-15(20)18(2)10-13-4-3-5-14(16)8-13/h3-5,8,12,17H,6-7,9-11H2,1-2H3/t12-/m1/s1. The van der Waals surface area contributed by atoms with Crippen molar-refractivity contribution >= 4 is 17.5 Å². The Labute approximate surface area is 125 Å². The van der Waals surface area contributed by atoms with Gasteiger partial charge in [0, 0.05) is 44.3 Å². The summed E-state index contributed by atoms with van der Waals surface area (Å²) in [5.74, 6) is 0.152. The smallest absolute Gasteiger partial charge is 0.236 e. The number of nitrogens with one attached hydrogen (secondary N) is 1. The third-order valence-corrected chi connectivity index (χ3v) is 3.95. The monoisotopic (exact) mass is 295 g/mol. The molecule has 0 aliphatic carbocycles. The highest BCUT2D eigenvalue weighted by molar-refractivity contribution is 6.30. The van der Waals surface area contributed by atoms with Crippen molar-refractivity contribution in [1.29, 1.82) is 0 Å². The Bertz CT molecular complexity index is 466. The van der Waals surface area contributed by atoms with Gasteiger partial charge in [-0.1, -0.05) is 23.7 Å². The lowest BCUT2D eigenvalue weighted by atomic mass is 10.2. The van der Waals surface area contributed by atoms with E-state index in [2.05, 4.69) is 17.1 Å². The van der Waals surface area contributed by atoms with Crippen LogP contribution in [-0.4, -0.2) is 55.0 Å². The number of carbonyl (C=O) groups excluding carboxylic acids is 1. The van der Waals surface area contributed by atoms with Gasteiger partial charge in [0.15, 0.2) is 0 Å². The topological polar surface area (TPSA) is 35.6 Å². The maximum atomic E-state index is 12.3. The highest BCUT2D eigenvalue weighted by Gasteiger charge is 2.21. The van der Waals surface area contributed by atoms with E-state index in [0.717, 1.165) is 25.2 Å². The lowest BCUT2D eigenvalue weighted by Gasteiger charge is -2.34. The second kappa shape index (κ2) is 7.07. The van der Waals surface area contributed by atoms with Crippen LogP contribution in [0.2, 0.25) is 5.02 Å². The molecule has 1 fully saturated rings. The van der Waals surface area contributed by atoms with Crippen LogP contribution in [0.15, 0.2) is 24.3 Å². The Kier molecular flexibility index (Phi) is 5.40. The molecule has 0 spiro atoms. The SMILES string of the molecule is C[C@@H]1CNCCN1CC(=O)N(C)Cc1cccc(Cl)c1. The zero-order valence-corrected chi connectivity index (χ0v) is 12.9. The lowest BCUT2D eigenvalue weighted by Crippen LogP contribution is -2.52. The molecule has 1 heterocycles. The second-order valence-electron chi connectivity index (χ2n) is 5.40. The molecular formula is C15H22ClN3O. The van der Waals surface area contributed by atoms with Crippen LogP contribution < -0.4 is 5.32 Å². The molecular weight excluding hydrogens is 274 g/mol. The Hall–Kier alpha value is -1.10. The summed E-state index contributed by atoms with van der Waals surface area (Å²) in [6.07, 6.45) is 0. The van der Waals surface area contributed by atoms with Gasteiger partial charge in [-0.15, -0.1) is 0 Å². The van der Waals surface area contributed by atoms with Gasteiger partial charge in [-0.05, 0) is 24.6 Å². The predicted octanol–water partition coefficient (Wildman–Crippen LogP) is 1.59. The van der Waals surface area contributed by atoms with E-state index in [1.807, 2.05) is 31.3 Å². The molecule has 5 heteroatoms. The molecule has 1 saturated heterocycles. The molecule has 0 aromatic heterocycles. The normalized spacial score (nSPS) is 19.9. The van der Waals surface area contributed by atoms with Crippen molar-refractivity contribution < 1.29 is 4.79 Å². The van der Waals surface area contributed by atoms with Gasteiger partial charge < -0.3 is 10.2 Å². The Balaban J connectivity index is 1.88. The van der Waals surface area contributed by atoms with E-state index in [1.54, 1.807) is 4.90 Å². The number of carbonyl (C=O) groups is 1. The van der Waals surface area contributed by atoms with E-state index in [0.29, 0.717) is 24.2 Å². The van der Waals surface area contributed by atoms with Crippen molar-refractivity contribution in [3.63, 3.8) is 0 Å². The number of likely N-dealkylation sites (N-methyl/N-ethyl adjacent to an activating group) is 1. The molecule has 4 nitrogen and oxygen atoms in total. The van der Waals surface area contributed by atoms with Crippen LogP contribution in [0.25, 0.3) is 0 Å². The molecule has 1 amide bonds.